The molecule has 0 spiro atoms. The van der Waals surface area contributed by atoms with E-state index in [4.69, 9.17) is 34.0 Å². The van der Waals surface area contributed by atoms with Crippen molar-refractivity contribution in [3.63, 3.8) is 0 Å². The maximum atomic E-state index is 9.27. The lowest BCUT2D eigenvalue weighted by Gasteiger charge is -2.19. The first kappa shape index (κ1) is 11.9. The zero-order valence-corrected chi connectivity index (χ0v) is 8.23. The van der Waals surface area contributed by atoms with E-state index in [0.717, 1.165) is 6.21 Å². The van der Waals surface area contributed by atoms with Crippen LogP contribution in [0.2, 0.25) is 0 Å². The number of rotatable bonds is 5. The Bertz CT molecular complexity index is 175. The van der Waals surface area contributed by atoms with E-state index in [-0.39, 0.29) is 12.1 Å². The second-order valence-electron chi connectivity index (χ2n) is 2.54. The Balaban J connectivity index is 4.07. The van der Waals surface area contributed by atoms with Gasteiger partial charge in [0.1, 0.15) is 0 Å². The van der Waals surface area contributed by atoms with Crippen LogP contribution in [0, 0.1) is 10.8 Å². The summed E-state index contributed by atoms with van der Waals surface area (Å²) in [6.07, 6.45) is 0.389. The van der Waals surface area contributed by atoms with Crippen LogP contribution in [0.15, 0.2) is 0 Å². The molecule has 3 nitrogen and oxygen atoms in total. The van der Waals surface area contributed by atoms with Crippen molar-refractivity contribution in [1.82, 2.24) is 0 Å². The molecule has 0 bridgehead atoms. The molecule has 3 unspecified atom stereocenters. The van der Waals surface area contributed by atoms with Crippen LogP contribution in [0.3, 0.4) is 0 Å². The van der Waals surface area contributed by atoms with Crippen LogP contribution in [-0.4, -0.2) is 33.9 Å². The Morgan fingerprint density at radius 2 is 2.08 bits per heavy atom. The first-order valence-corrected chi connectivity index (χ1v) is 4.38. The Morgan fingerprint density at radius 3 is 2.42 bits per heavy atom. The molecule has 0 amide bonds. The number of nitrogens with one attached hydrogen (secondary N) is 2. The lowest BCUT2D eigenvalue weighted by atomic mass is 10.1. The van der Waals surface area contributed by atoms with E-state index >= 15 is 0 Å². The normalized spacial score (nSPS) is 18.0. The van der Waals surface area contributed by atoms with E-state index in [1.165, 1.54) is 6.92 Å². The van der Waals surface area contributed by atoms with Gasteiger partial charge in [-0.15, -0.1) is 23.2 Å². The van der Waals surface area contributed by atoms with Crippen LogP contribution < -0.4 is 0 Å². The average Bonchev–Trinajstić information content (AvgIpc) is 2.02. The van der Waals surface area contributed by atoms with Gasteiger partial charge < -0.3 is 15.9 Å². The fourth-order valence-electron chi connectivity index (χ4n) is 0.685. The van der Waals surface area contributed by atoms with Crippen LogP contribution in [0.4, 0.5) is 0 Å². The third-order valence-electron chi connectivity index (χ3n) is 1.42. The van der Waals surface area contributed by atoms with E-state index in [1.807, 2.05) is 0 Å². The lowest BCUT2D eigenvalue weighted by Crippen LogP contribution is -2.33. The maximum absolute atomic E-state index is 9.27. The number of hydrogen-bond acceptors (Lipinski definition) is 3. The van der Waals surface area contributed by atoms with Gasteiger partial charge in [0.15, 0.2) is 0 Å². The smallest absolute Gasteiger partial charge is 0.0896 e. The molecule has 0 saturated carbocycles. The lowest BCUT2D eigenvalue weighted by molar-refractivity contribution is 0.180. The molecule has 0 aromatic rings. The van der Waals surface area contributed by atoms with E-state index < -0.39 is 16.9 Å². The van der Waals surface area contributed by atoms with Crippen molar-refractivity contribution in [2.45, 2.75) is 30.2 Å². The van der Waals surface area contributed by atoms with Gasteiger partial charge in [-0.25, -0.2) is 0 Å². The van der Waals surface area contributed by atoms with Gasteiger partial charge in [-0.1, -0.05) is 0 Å². The Morgan fingerprint density at radius 1 is 1.58 bits per heavy atom. The summed E-state index contributed by atoms with van der Waals surface area (Å²) < 4.78 is 0. The zero-order valence-electron chi connectivity index (χ0n) is 6.72. The van der Waals surface area contributed by atoms with Crippen LogP contribution in [-0.2, 0) is 0 Å². The zero-order chi connectivity index (χ0) is 9.72. The molecule has 0 saturated heterocycles. The average molecular weight is 211 g/mol. The summed E-state index contributed by atoms with van der Waals surface area (Å²) in [7, 11) is 0. The van der Waals surface area contributed by atoms with E-state index in [2.05, 4.69) is 0 Å². The predicted molar refractivity (Wildman–Crippen MR) is 52.1 cm³/mol. The fraction of sp³-hybridized carbons (Fsp3) is 0.714. The van der Waals surface area contributed by atoms with Gasteiger partial charge in [0, 0.05) is 12.1 Å². The minimum absolute atomic E-state index is 0.171. The summed E-state index contributed by atoms with van der Waals surface area (Å²) in [5.41, 5.74) is 0.223. The summed E-state index contributed by atoms with van der Waals surface area (Å²) in [5, 5.41) is 21.8. The molecule has 0 radical (unpaired) electrons. The van der Waals surface area contributed by atoms with Gasteiger partial charge in [-0.2, -0.15) is 0 Å². The molecule has 5 heteroatoms. The monoisotopic (exact) mass is 210 g/mol. The Hall–Kier alpha value is -0.120. The minimum atomic E-state index is -0.855. The number of halogens is 2. The molecular formula is C7H12Cl2N2O. The van der Waals surface area contributed by atoms with Crippen molar-refractivity contribution >= 4 is 35.1 Å². The third kappa shape index (κ3) is 3.52. The molecule has 3 atom stereocenters. The first-order valence-electron chi connectivity index (χ1n) is 3.51. The van der Waals surface area contributed by atoms with Crippen LogP contribution in [0.1, 0.15) is 13.3 Å². The van der Waals surface area contributed by atoms with Gasteiger partial charge >= 0.3 is 0 Å². The second-order valence-corrected chi connectivity index (χ2v) is 3.51. The van der Waals surface area contributed by atoms with Crippen molar-refractivity contribution in [1.29, 1.82) is 10.8 Å². The number of aliphatic hydroxyl groups is 1. The highest BCUT2D eigenvalue weighted by molar-refractivity contribution is 6.38. The molecule has 0 aliphatic carbocycles. The standard InChI is InChI=1S/C7H12Cl2N2O/c1-4(11)6(8)7(9)5(12)2-3-10/h3,5-7,10-12H,2H2,1H3. The highest BCUT2D eigenvalue weighted by Crippen LogP contribution is 2.16. The SMILES string of the molecule is CC(=N)C(Cl)C(Cl)C(O)CC=N. The molecular weight excluding hydrogens is 199 g/mol. The molecule has 0 aromatic heterocycles. The Kier molecular flexibility index (Phi) is 5.46. The molecule has 0 heterocycles. The van der Waals surface area contributed by atoms with Crippen molar-refractivity contribution in [2.75, 3.05) is 0 Å². The minimum Gasteiger partial charge on any atom is -0.391 e. The highest BCUT2D eigenvalue weighted by Gasteiger charge is 2.25. The molecule has 70 valence electrons. The molecule has 3 N–H and O–H groups in total. The van der Waals surface area contributed by atoms with Gasteiger partial charge in [0.25, 0.3) is 0 Å². The van der Waals surface area contributed by atoms with E-state index in [1.54, 1.807) is 0 Å². The quantitative estimate of drug-likeness (QED) is 0.469. The predicted octanol–water partition coefficient (Wildman–Crippen LogP) is 1.64. The summed E-state index contributed by atoms with van der Waals surface area (Å²) in [5.74, 6) is 0. The van der Waals surface area contributed by atoms with Gasteiger partial charge in [0.2, 0.25) is 0 Å². The number of alkyl halides is 2. The third-order valence-corrected chi connectivity index (χ3v) is 2.69. The largest absolute Gasteiger partial charge is 0.391 e. The topological polar surface area (TPSA) is 67.9 Å². The molecule has 0 rings (SSSR count). The molecule has 0 fully saturated rings. The van der Waals surface area contributed by atoms with E-state index in [9.17, 15) is 5.11 Å². The maximum Gasteiger partial charge on any atom is 0.0896 e. The first-order chi connectivity index (χ1) is 5.50. The molecule has 0 aliphatic heterocycles. The van der Waals surface area contributed by atoms with Crippen LogP contribution in [0.25, 0.3) is 0 Å². The van der Waals surface area contributed by atoms with Crippen molar-refractivity contribution < 1.29 is 5.11 Å². The second kappa shape index (κ2) is 5.51. The highest BCUT2D eigenvalue weighted by atomic mass is 35.5. The summed E-state index contributed by atoms with van der Waals surface area (Å²) in [4.78, 5) is 0. The van der Waals surface area contributed by atoms with Crippen molar-refractivity contribution in [3.8, 4) is 0 Å². The van der Waals surface area contributed by atoms with Crippen LogP contribution in [0.5, 0.6) is 0 Å². The van der Waals surface area contributed by atoms with Crippen molar-refractivity contribution in [2.24, 2.45) is 0 Å². The van der Waals surface area contributed by atoms with Gasteiger partial charge in [0.05, 0.1) is 16.9 Å². The molecule has 12 heavy (non-hydrogen) atoms. The van der Waals surface area contributed by atoms with Crippen LogP contribution >= 0.6 is 23.2 Å². The fourth-order valence-corrected chi connectivity index (χ4v) is 1.14. The number of hydrogen-bond donors (Lipinski definition) is 3. The summed E-state index contributed by atoms with van der Waals surface area (Å²) in [6.45, 7) is 1.53. The number of aliphatic hydroxyl groups excluding tert-OH is 1. The summed E-state index contributed by atoms with van der Waals surface area (Å²) in [6, 6.07) is 0. The van der Waals surface area contributed by atoms with Crippen molar-refractivity contribution in [3.05, 3.63) is 0 Å². The molecule has 0 aliphatic rings. The van der Waals surface area contributed by atoms with Gasteiger partial charge in [-0.3, -0.25) is 0 Å². The summed E-state index contributed by atoms with van der Waals surface area (Å²) >= 11 is 11.4. The molecule has 0 aromatic carbocycles. The van der Waals surface area contributed by atoms with Gasteiger partial charge in [-0.05, 0) is 13.1 Å². The van der Waals surface area contributed by atoms with E-state index in [0.29, 0.717) is 0 Å². The Labute approximate surface area is 81.7 Å².